The van der Waals surface area contributed by atoms with Crippen molar-refractivity contribution in [2.24, 2.45) is 0 Å². The highest BCUT2D eigenvalue weighted by atomic mass is 15.1. The van der Waals surface area contributed by atoms with Crippen LogP contribution in [0.25, 0.3) is 83.4 Å². The average molecular weight is 792 g/mol. The van der Waals surface area contributed by atoms with E-state index in [0.717, 1.165) is 67.1 Å². The lowest BCUT2D eigenvalue weighted by Crippen LogP contribution is -2.09. The highest BCUT2D eigenvalue weighted by molar-refractivity contribution is 6.07. The van der Waals surface area contributed by atoms with Gasteiger partial charge < -0.3 is 9.47 Å². The third-order valence-electron chi connectivity index (χ3n) is 11.8. The molecule has 11 rings (SSSR count). The molecule has 0 radical (unpaired) electrons. The maximum atomic E-state index is 5.21. The van der Waals surface area contributed by atoms with E-state index in [0.29, 0.717) is 0 Å². The SMILES string of the molecule is c1ccc(-c2ccc(N(c3ccc(-c4cccc(-c5ccccc5)c4)cc3)c3ccc(-c4cccc(-n5c6ccccc6c6nc(-c7ccccc7)ccc65)c4)cc3)cc2)cc1. The van der Waals surface area contributed by atoms with Crippen LogP contribution in [0.15, 0.2) is 249 Å². The number of benzene rings is 9. The van der Waals surface area contributed by atoms with E-state index < -0.39 is 0 Å². The molecule has 3 heteroatoms. The Labute approximate surface area is 362 Å². The minimum absolute atomic E-state index is 0.973. The van der Waals surface area contributed by atoms with Crippen LogP contribution in [0.2, 0.25) is 0 Å². The van der Waals surface area contributed by atoms with Gasteiger partial charge in [-0.05, 0) is 117 Å². The second kappa shape index (κ2) is 16.1. The number of nitrogens with zero attached hydrogens (tertiary/aromatic N) is 3. The summed E-state index contributed by atoms with van der Waals surface area (Å²) in [4.78, 5) is 7.55. The normalized spacial score (nSPS) is 11.2. The monoisotopic (exact) mass is 791 g/mol. The number of fused-ring (bicyclic) bond motifs is 3. The zero-order chi connectivity index (χ0) is 41.2. The zero-order valence-corrected chi connectivity index (χ0v) is 34.0. The van der Waals surface area contributed by atoms with E-state index in [1.165, 1.54) is 33.4 Å². The van der Waals surface area contributed by atoms with Crippen LogP contribution >= 0.6 is 0 Å². The predicted molar refractivity (Wildman–Crippen MR) is 260 cm³/mol. The van der Waals surface area contributed by atoms with Crippen LogP contribution in [-0.2, 0) is 0 Å². The van der Waals surface area contributed by atoms with Crippen molar-refractivity contribution in [2.45, 2.75) is 0 Å². The van der Waals surface area contributed by atoms with E-state index >= 15 is 0 Å². The van der Waals surface area contributed by atoms with Gasteiger partial charge in [0, 0.05) is 33.7 Å². The lowest BCUT2D eigenvalue weighted by molar-refractivity contribution is 1.18. The Balaban J connectivity index is 0.945. The van der Waals surface area contributed by atoms with E-state index in [-0.39, 0.29) is 0 Å². The fourth-order valence-corrected chi connectivity index (χ4v) is 8.70. The molecular weight excluding hydrogens is 751 g/mol. The highest BCUT2D eigenvalue weighted by Crippen LogP contribution is 2.39. The summed E-state index contributed by atoms with van der Waals surface area (Å²) >= 11 is 0. The van der Waals surface area contributed by atoms with E-state index in [9.17, 15) is 0 Å². The molecule has 0 unspecified atom stereocenters. The summed E-state index contributed by atoms with van der Waals surface area (Å²) in [5.41, 5.74) is 19.2. The van der Waals surface area contributed by atoms with E-state index in [1.54, 1.807) is 0 Å². The first kappa shape index (κ1) is 36.8. The van der Waals surface area contributed by atoms with Crippen molar-refractivity contribution in [2.75, 3.05) is 4.90 Å². The zero-order valence-electron chi connectivity index (χ0n) is 34.0. The third-order valence-corrected chi connectivity index (χ3v) is 11.8. The van der Waals surface area contributed by atoms with Gasteiger partial charge in [0.15, 0.2) is 0 Å². The Bertz CT molecular complexity index is 3300. The number of rotatable bonds is 9. The van der Waals surface area contributed by atoms with Crippen molar-refractivity contribution in [3.05, 3.63) is 249 Å². The van der Waals surface area contributed by atoms with Crippen molar-refractivity contribution in [1.29, 1.82) is 0 Å². The molecule has 3 nitrogen and oxygen atoms in total. The van der Waals surface area contributed by atoms with E-state index in [4.69, 9.17) is 4.98 Å². The molecule has 62 heavy (non-hydrogen) atoms. The summed E-state index contributed by atoms with van der Waals surface area (Å²) < 4.78 is 2.34. The van der Waals surface area contributed by atoms with Crippen molar-refractivity contribution in [3.8, 4) is 61.5 Å². The van der Waals surface area contributed by atoms with Crippen LogP contribution in [0.3, 0.4) is 0 Å². The standard InChI is InChI=1S/C59H41N3/c1-4-14-42(15-5-1)44-26-32-51(33-27-44)61(52-34-28-45(29-35-52)49-21-12-20-48(40-49)43-16-6-2-7-17-43)53-36-30-46(31-37-53)50-22-13-23-54(41-50)62-57-25-11-10-24-55(57)59-58(62)39-38-56(60-59)47-18-8-3-9-19-47/h1-41H. The van der Waals surface area contributed by atoms with Gasteiger partial charge in [0.25, 0.3) is 0 Å². The molecule has 0 aliphatic rings. The maximum absolute atomic E-state index is 5.21. The van der Waals surface area contributed by atoms with Crippen LogP contribution in [0.5, 0.6) is 0 Å². The van der Waals surface area contributed by atoms with Gasteiger partial charge in [-0.15, -0.1) is 0 Å². The Hall–Kier alpha value is -8.27. The molecule has 0 amide bonds. The molecule has 9 aromatic carbocycles. The first-order chi connectivity index (χ1) is 30.7. The molecule has 0 saturated heterocycles. The Morgan fingerprint density at radius 1 is 0.290 bits per heavy atom. The van der Waals surface area contributed by atoms with Gasteiger partial charge in [-0.3, -0.25) is 0 Å². The number of pyridine rings is 1. The van der Waals surface area contributed by atoms with Crippen LogP contribution in [0.4, 0.5) is 17.1 Å². The second-order valence-electron chi connectivity index (χ2n) is 15.6. The van der Waals surface area contributed by atoms with Crippen LogP contribution in [0.1, 0.15) is 0 Å². The molecule has 0 N–H and O–H groups in total. The van der Waals surface area contributed by atoms with Gasteiger partial charge in [0.2, 0.25) is 0 Å². The summed E-state index contributed by atoms with van der Waals surface area (Å²) in [6, 6.07) is 88.8. The minimum Gasteiger partial charge on any atom is -0.311 e. The number of aromatic nitrogens is 2. The summed E-state index contributed by atoms with van der Waals surface area (Å²) in [7, 11) is 0. The summed E-state index contributed by atoms with van der Waals surface area (Å²) in [5.74, 6) is 0. The fourth-order valence-electron chi connectivity index (χ4n) is 8.70. The van der Waals surface area contributed by atoms with Crippen LogP contribution in [-0.4, -0.2) is 9.55 Å². The van der Waals surface area contributed by atoms with E-state index in [2.05, 4.69) is 252 Å². The number of hydrogen-bond acceptors (Lipinski definition) is 2. The lowest BCUT2D eigenvalue weighted by Gasteiger charge is -2.26. The van der Waals surface area contributed by atoms with Crippen LogP contribution in [0, 0.1) is 0 Å². The molecule has 0 fully saturated rings. The number of para-hydroxylation sites is 1. The van der Waals surface area contributed by atoms with Gasteiger partial charge >= 0.3 is 0 Å². The summed E-state index contributed by atoms with van der Waals surface area (Å²) in [5, 5.41) is 1.14. The molecular formula is C59H41N3. The summed E-state index contributed by atoms with van der Waals surface area (Å²) in [6.45, 7) is 0. The summed E-state index contributed by atoms with van der Waals surface area (Å²) in [6.07, 6.45) is 0. The molecule has 2 aromatic heterocycles. The molecule has 0 saturated carbocycles. The Morgan fingerprint density at radius 3 is 1.27 bits per heavy atom. The van der Waals surface area contributed by atoms with Gasteiger partial charge in [-0.2, -0.15) is 0 Å². The number of hydrogen-bond donors (Lipinski definition) is 0. The smallest absolute Gasteiger partial charge is 0.0970 e. The first-order valence-corrected chi connectivity index (χ1v) is 21.1. The molecule has 0 bridgehead atoms. The van der Waals surface area contributed by atoms with Crippen molar-refractivity contribution in [3.63, 3.8) is 0 Å². The average Bonchev–Trinajstić information content (AvgIpc) is 3.69. The van der Waals surface area contributed by atoms with Gasteiger partial charge in [0.05, 0.1) is 22.2 Å². The highest BCUT2D eigenvalue weighted by Gasteiger charge is 2.17. The third kappa shape index (κ3) is 7.02. The van der Waals surface area contributed by atoms with Gasteiger partial charge in [-0.1, -0.05) is 176 Å². The lowest BCUT2D eigenvalue weighted by atomic mass is 9.98. The topological polar surface area (TPSA) is 21.1 Å². The van der Waals surface area contributed by atoms with E-state index in [1.807, 2.05) is 6.07 Å². The second-order valence-corrected chi connectivity index (χ2v) is 15.6. The maximum Gasteiger partial charge on any atom is 0.0970 e. The molecule has 0 atom stereocenters. The van der Waals surface area contributed by atoms with Gasteiger partial charge in [0.1, 0.15) is 0 Å². The van der Waals surface area contributed by atoms with Crippen molar-refractivity contribution >= 4 is 39.0 Å². The molecule has 292 valence electrons. The Kier molecular flexibility index (Phi) is 9.53. The van der Waals surface area contributed by atoms with Crippen LogP contribution < -0.4 is 4.90 Å². The largest absolute Gasteiger partial charge is 0.311 e. The predicted octanol–water partition coefficient (Wildman–Crippen LogP) is 16.0. The fraction of sp³-hybridized carbons (Fsp3) is 0. The quantitative estimate of drug-likeness (QED) is 0.145. The number of anilines is 3. The molecule has 2 heterocycles. The van der Waals surface area contributed by atoms with Crippen molar-refractivity contribution in [1.82, 2.24) is 9.55 Å². The minimum atomic E-state index is 0.973. The van der Waals surface area contributed by atoms with Gasteiger partial charge in [-0.25, -0.2) is 4.98 Å². The Morgan fingerprint density at radius 2 is 0.710 bits per heavy atom. The molecule has 0 spiro atoms. The molecule has 11 aromatic rings. The van der Waals surface area contributed by atoms with Crippen molar-refractivity contribution < 1.29 is 0 Å². The first-order valence-electron chi connectivity index (χ1n) is 21.1. The molecule has 0 aliphatic carbocycles. The molecule has 0 aliphatic heterocycles.